The van der Waals surface area contributed by atoms with Crippen LogP contribution in [0.3, 0.4) is 0 Å². The van der Waals surface area contributed by atoms with Gasteiger partial charge in [-0.1, -0.05) is 30.3 Å². The van der Waals surface area contributed by atoms with Gasteiger partial charge in [0.2, 0.25) is 6.41 Å². The van der Waals surface area contributed by atoms with E-state index in [1.165, 1.54) is 0 Å². The molecule has 126 valence electrons. The van der Waals surface area contributed by atoms with Crippen LogP contribution >= 0.6 is 0 Å². The molecule has 2 N–H and O–H groups in total. The fourth-order valence-electron chi connectivity index (χ4n) is 3.52. The van der Waals surface area contributed by atoms with E-state index in [-0.39, 0.29) is 18.1 Å². The summed E-state index contributed by atoms with van der Waals surface area (Å²) in [6.45, 7) is 4.66. The van der Waals surface area contributed by atoms with Crippen LogP contribution in [0.15, 0.2) is 30.3 Å². The normalized spacial score (nSPS) is 27.0. The van der Waals surface area contributed by atoms with Crippen molar-refractivity contribution in [2.24, 2.45) is 0 Å². The number of benzene rings is 1. The van der Waals surface area contributed by atoms with Gasteiger partial charge in [-0.05, 0) is 25.3 Å². The average Bonchev–Trinajstić information content (AvgIpc) is 3.00. The zero-order valence-electron chi connectivity index (χ0n) is 13.5. The van der Waals surface area contributed by atoms with Crippen molar-refractivity contribution in [1.29, 1.82) is 0 Å². The van der Waals surface area contributed by atoms with Gasteiger partial charge in [0.25, 0.3) is 0 Å². The molecule has 6 nitrogen and oxygen atoms in total. The highest BCUT2D eigenvalue weighted by Crippen LogP contribution is 2.25. The Kier molecular flexibility index (Phi) is 5.15. The van der Waals surface area contributed by atoms with Crippen molar-refractivity contribution in [3.63, 3.8) is 0 Å². The second-order valence-corrected chi connectivity index (χ2v) is 6.24. The average molecular weight is 319 g/mol. The van der Waals surface area contributed by atoms with Crippen LogP contribution in [0, 0.1) is 0 Å². The van der Waals surface area contributed by atoms with Crippen LogP contribution in [0.1, 0.15) is 25.3 Å². The second-order valence-electron chi connectivity index (χ2n) is 6.24. The van der Waals surface area contributed by atoms with Crippen LogP contribution in [-0.2, 0) is 11.3 Å². The smallest absolute Gasteiger partial charge is 0.317 e. The van der Waals surface area contributed by atoms with Crippen molar-refractivity contribution in [2.75, 3.05) is 19.6 Å². The molecular formula is C17H25N3O3. The molecule has 2 aliphatic rings. The third-order valence-corrected chi connectivity index (χ3v) is 4.81. The zero-order valence-corrected chi connectivity index (χ0v) is 13.5. The number of urea groups is 1. The summed E-state index contributed by atoms with van der Waals surface area (Å²) >= 11 is 0. The Labute approximate surface area is 137 Å². The number of carbonyl (C=O) groups excluding carboxylic acids is 1. The van der Waals surface area contributed by atoms with Crippen molar-refractivity contribution < 1.29 is 14.6 Å². The first kappa shape index (κ1) is 16.2. The van der Waals surface area contributed by atoms with Gasteiger partial charge in [0.1, 0.15) is 0 Å². The number of aliphatic hydroxyl groups excluding tert-OH is 1. The van der Waals surface area contributed by atoms with E-state index in [1.807, 2.05) is 40.1 Å². The monoisotopic (exact) mass is 319 g/mol. The summed E-state index contributed by atoms with van der Waals surface area (Å²) in [5, 5.41) is 13.3. The Morgan fingerprint density at radius 3 is 2.83 bits per heavy atom. The Bertz CT molecular complexity index is 525. The van der Waals surface area contributed by atoms with E-state index < -0.39 is 6.41 Å². The Morgan fingerprint density at radius 1 is 1.35 bits per heavy atom. The van der Waals surface area contributed by atoms with Gasteiger partial charge in [-0.15, -0.1) is 0 Å². The highest BCUT2D eigenvalue weighted by Gasteiger charge is 2.38. The molecule has 3 atom stereocenters. The molecule has 0 aromatic heterocycles. The summed E-state index contributed by atoms with van der Waals surface area (Å²) in [6, 6.07) is 10.0. The summed E-state index contributed by atoms with van der Waals surface area (Å²) in [5.74, 6) is 0. The van der Waals surface area contributed by atoms with E-state index in [9.17, 15) is 9.90 Å². The second kappa shape index (κ2) is 7.29. The van der Waals surface area contributed by atoms with E-state index in [0.717, 1.165) is 31.5 Å². The first-order valence-corrected chi connectivity index (χ1v) is 8.30. The van der Waals surface area contributed by atoms with Crippen molar-refractivity contribution in [3.8, 4) is 0 Å². The van der Waals surface area contributed by atoms with Gasteiger partial charge >= 0.3 is 6.03 Å². The van der Waals surface area contributed by atoms with Gasteiger partial charge < -0.3 is 20.1 Å². The molecule has 6 heteroatoms. The van der Waals surface area contributed by atoms with Gasteiger partial charge in [-0.2, -0.15) is 0 Å². The standard InChI is InChI=1S/C17H25N3O3/c1-13-15(20-11-9-18-16(20)21)8-5-10-19(13)17(22)23-12-14-6-3-2-4-7-14/h2-4,6-7,13,15,17,22H,5,8-12H2,1H3,(H,18,21)/t13-,15-,17?/m1/s1. The fourth-order valence-corrected chi connectivity index (χ4v) is 3.52. The number of aliphatic hydroxyl groups is 1. The Hall–Kier alpha value is -1.63. The number of ether oxygens (including phenoxy) is 1. The number of hydrogen-bond acceptors (Lipinski definition) is 4. The van der Waals surface area contributed by atoms with Crippen molar-refractivity contribution >= 4 is 6.03 Å². The number of nitrogens with one attached hydrogen (secondary N) is 1. The first-order chi connectivity index (χ1) is 11.2. The summed E-state index contributed by atoms with van der Waals surface area (Å²) in [5.41, 5.74) is 1.03. The number of carbonyl (C=O) groups is 1. The van der Waals surface area contributed by atoms with Crippen molar-refractivity contribution in [3.05, 3.63) is 35.9 Å². The maximum Gasteiger partial charge on any atom is 0.317 e. The lowest BCUT2D eigenvalue weighted by Crippen LogP contribution is -2.58. The maximum atomic E-state index is 11.9. The largest absolute Gasteiger partial charge is 0.356 e. The molecular weight excluding hydrogens is 294 g/mol. The van der Waals surface area contributed by atoms with Gasteiger partial charge in [0.05, 0.1) is 6.61 Å². The molecule has 2 heterocycles. The summed E-state index contributed by atoms with van der Waals surface area (Å²) < 4.78 is 5.64. The molecule has 2 saturated heterocycles. The molecule has 1 aromatic rings. The highest BCUT2D eigenvalue weighted by atomic mass is 16.6. The van der Waals surface area contributed by atoms with Crippen molar-refractivity contribution in [1.82, 2.24) is 15.1 Å². The van der Waals surface area contributed by atoms with Gasteiger partial charge in [0, 0.05) is 31.7 Å². The molecule has 2 amide bonds. The van der Waals surface area contributed by atoms with Crippen LogP contribution in [0.2, 0.25) is 0 Å². The molecule has 3 rings (SSSR count). The quantitative estimate of drug-likeness (QED) is 0.804. The molecule has 0 bridgehead atoms. The minimum atomic E-state index is -0.946. The molecule has 1 aromatic carbocycles. The van der Waals surface area contributed by atoms with Crippen molar-refractivity contribution in [2.45, 2.75) is 44.9 Å². The summed E-state index contributed by atoms with van der Waals surface area (Å²) in [7, 11) is 0. The Morgan fingerprint density at radius 2 is 2.13 bits per heavy atom. The van der Waals surface area contributed by atoms with Crippen LogP contribution in [-0.4, -0.2) is 59.1 Å². The minimum Gasteiger partial charge on any atom is -0.356 e. The van der Waals surface area contributed by atoms with E-state index >= 15 is 0 Å². The number of nitrogens with zero attached hydrogens (tertiary/aromatic N) is 2. The SMILES string of the molecule is C[C@@H]1[C@H](N2CCNC2=O)CCCN1C(O)OCc1ccccc1. The van der Waals surface area contributed by atoms with E-state index in [0.29, 0.717) is 13.2 Å². The summed E-state index contributed by atoms with van der Waals surface area (Å²) in [6.07, 6.45) is 0.972. The number of amides is 2. The minimum absolute atomic E-state index is 0.00314. The third kappa shape index (κ3) is 3.65. The number of piperidine rings is 1. The van der Waals surface area contributed by atoms with Gasteiger partial charge in [-0.3, -0.25) is 4.90 Å². The van der Waals surface area contributed by atoms with Gasteiger partial charge in [-0.25, -0.2) is 4.79 Å². The molecule has 0 aliphatic carbocycles. The number of rotatable bonds is 5. The molecule has 2 fully saturated rings. The van der Waals surface area contributed by atoms with Crippen LogP contribution < -0.4 is 5.32 Å². The number of hydrogen-bond donors (Lipinski definition) is 2. The van der Waals surface area contributed by atoms with Crippen LogP contribution in [0.5, 0.6) is 0 Å². The lowest BCUT2D eigenvalue weighted by atomic mass is 9.96. The van der Waals surface area contributed by atoms with Crippen LogP contribution in [0.4, 0.5) is 4.79 Å². The van der Waals surface area contributed by atoms with Gasteiger partial charge in [0.15, 0.2) is 0 Å². The fraction of sp³-hybridized carbons (Fsp3) is 0.588. The predicted octanol–water partition coefficient (Wildman–Crippen LogP) is 1.36. The molecule has 1 unspecified atom stereocenters. The maximum absolute atomic E-state index is 11.9. The first-order valence-electron chi connectivity index (χ1n) is 8.30. The summed E-state index contributed by atoms with van der Waals surface area (Å²) in [4.78, 5) is 15.7. The van der Waals surface area contributed by atoms with Crippen LogP contribution in [0.25, 0.3) is 0 Å². The lowest BCUT2D eigenvalue weighted by Gasteiger charge is -2.44. The van der Waals surface area contributed by atoms with E-state index in [2.05, 4.69) is 12.2 Å². The van der Waals surface area contributed by atoms with E-state index in [1.54, 1.807) is 0 Å². The molecule has 23 heavy (non-hydrogen) atoms. The molecule has 0 spiro atoms. The molecule has 0 saturated carbocycles. The molecule has 2 aliphatic heterocycles. The topological polar surface area (TPSA) is 65.0 Å². The molecule has 0 radical (unpaired) electrons. The third-order valence-electron chi connectivity index (χ3n) is 4.81. The van der Waals surface area contributed by atoms with E-state index in [4.69, 9.17) is 4.74 Å². The Balaban J connectivity index is 1.58. The zero-order chi connectivity index (χ0) is 16.2. The highest BCUT2D eigenvalue weighted by molar-refractivity contribution is 5.76. The number of likely N-dealkylation sites (tertiary alicyclic amines) is 1. The predicted molar refractivity (Wildman–Crippen MR) is 86.5 cm³/mol. The lowest BCUT2D eigenvalue weighted by molar-refractivity contribution is -0.221.